The first-order valence-electron chi connectivity index (χ1n) is 8.02. The third kappa shape index (κ3) is 3.69. The van der Waals surface area contributed by atoms with E-state index in [-0.39, 0.29) is 12.0 Å². The van der Waals surface area contributed by atoms with Gasteiger partial charge in [0.2, 0.25) is 0 Å². The van der Waals surface area contributed by atoms with Gasteiger partial charge in [0.1, 0.15) is 23.7 Å². The molecule has 0 bridgehead atoms. The zero-order valence-corrected chi connectivity index (χ0v) is 14.4. The second-order valence-corrected chi connectivity index (χ2v) is 5.86. The van der Waals surface area contributed by atoms with Crippen LogP contribution in [0, 0.1) is 6.92 Å². The zero-order valence-electron chi connectivity index (χ0n) is 14.4. The average molecular weight is 354 g/mol. The Morgan fingerprint density at radius 3 is 2.69 bits per heavy atom. The van der Waals surface area contributed by atoms with Crippen LogP contribution in [0.2, 0.25) is 0 Å². The number of methoxy groups -OCH3 is 1. The third-order valence-corrected chi connectivity index (χ3v) is 4.13. The molecule has 26 heavy (non-hydrogen) atoms. The molecule has 0 atom stereocenters. The van der Waals surface area contributed by atoms with Crippen LogP contribution in [0.1, 0.15) is 16.7 Å². The van der Waals surface area contributed by atoms with Crippen LogP contribution < -0.4 is 15.1 Å². The molecule has 1 heterocycles. The maximum atomic E-state index is 12.1. The number of ether oxygens (including phenoxy) is 2. The molecule has 0 amide bonds. The summed E-state index contributed by atoms with van der Waals surface area (Å²) in [7, 11) is 1.60. The number of carboxylic acid groups (broad SMARTS) is 1. The fourth-order valence-electron chi connectivity index (χ4n) is 2.75. The first kappa shape index (κ1) is 17.5. The van der Waals surface area contributed by atoms with Gasteiger partial charge in [0.25, 0.3) is 0 Å². The molecule has 0 aliphatic rings. The van der Waals surface area contributed by atoms with E-state index >= 15 is 0 Å². The summed E-state index contributed by atoms with van der Waals surface area (Å²) in [6.07, 6.45) is -0.363. The number of fused-ring (bicyclic) bond motifs is 1. The predicted octanol–water partition coefficient (Wildman–Crippen LogP) is 3.32. The molecule has 0 fully saturated rings. The van der Waals surface area contributed by atoms with E-state index in [2.05, 4.69) is 0 Å². The maximum absolute atomic E-state index is 12.1. The molecule has 3 aromatic rings. The molecule has 0 radical (unpaired) electrons. The van der Waals surface area contributed by atoms with E-state index < -0.39 is 11.6 Å². The standard InChI is InChI=1S/C20H18O6/c1-12-16-7-6-15(25-11-13-4-3-5-14(8-13)24-2)9-18(16)26-20(23)17(12)10-19(21)22/h3-9H,10-11H2,1-2H3,(H,21,22). The lowest BCUT2D eigenvalue weighted by Crippen LogP contribution is -2.14. The Bertz CT molecular complexity index is 1020. The van der Waals surface area contributed by atoms with Gasteiger partial charge >= 0.3 is 11.6 Å². The van der Waals surface area contributed by atoms with Crippen molar-refractivity contribution in [2.24, 2.45) is 0 Å². The highest BCUT2D eigenvalue weighted by Crippen LogP contribution is 2.25. The summed E-state index contributed by atoms with van der Waals surface area (Å²) in [6, 6.07) is 12.7. The molecule has 1 N–H and O–H groups in total. The first-order valence-corrected chi connectivity index (χ1v) is 8.02. The fraction of sp³-hybridized carbons (Fsp3) is 0.200. The van der Waals surface area contributed by atoms with Crippen LogP contribution in [0.3, 0.4) is 0 Å². The summed E-state index contributed by atoms with van der Waals surface area (Å²) in [5, 5.41) is 9.63. The molecule has 134 valence electrons. The number of rotatable bonds is 6. The number of aryl methyl sites for hydroxylation is 1. The second-order valence-electron chi connectivity index (χ2n) is 5.86. The van der Waals surface area contributed by atoms with Gasteiger partial charge in [-0.15, -0.1) is 0 Å². The van der Waals surface area contributed by atoms with Gasteiger partial charge in [-0.3, -0.25) is 4.79 Å². The van der Waals surface area contributed by atoms with Crippen LogP contribution in [0.5, 0.6) is 11.5 Å². The Morgan fingerprint density at radius 1 is 1.15 bits per heavy atom. The lowest BCUT2D eigenvalue weighted by atomic mass is 10.0. The van der Waals surface area contributed by atoms with Gasteiger partial charge in [-0.25, -0.2) is 4.79 Å². The Morgan fingerprint density at radius 2 is 1.96 bits per heavy atom. The van der Waals surface area contributed by atoms with Crippen molar-refractivity contribution in [3.63, 3.8) is 0 Å². The highest BCUT2D eigenvalue weighted by atomic mass is 16.5. The van der Waals surface area contributed by atoms with Crippen molar-refractivity contribution in [3.8, 4) is 11.5 Å². The van der Waals surface area contributed by atoms with Crippen molar-refractivity contribution >= 4 is 16.9 Å². The van der Waals surface area contributed by atoms with E-state index in [0.29, 0.717) is 28.9 Å². The van der Waals surface area contributed by atoms with Gasteiger partial charge in [0.15, 0.2) is 0 Å². The number of benzene rings is 2. The van der Waals surface area contributed by atoms with Crippen molar-refractivity contribution in [2.75, 3.05) is 7.11 Å². The van der Waals surface area contributed by atoms with Crippen LogP contribution in [-0.4, -0.2) is 18.2 Å². The maximum Gasteiger partial charge on any atom is 0.340 e. The van der Waals surface area contributed by atoms with Crippen LogP contribution >= 0.6 is 0 Å². The Hall–Kier alpha value is -3.28. The van der Waals surface area contributed by atoms with E-state index in [4.69, 9.17) is 19.0 Å². The molecule has 6 nitrogen and oxygen atoms in total. The van der Waals surface area contributed by atoms with Crippen molar-refractivity contribution in [1.29, 1.82) is 0 Å². The molecule has 6 heteroatoms. The smallest absolute Gasteiger partial charge is 0.340 e. The molecule has 0 aliphatic heterocycles. The van der Waals surface area contributed by atoms with E-state index in [0.717, 1.165) is 11.3 Å². The van der Waals surface area contributed by atoms with Crippen molar-refractivity contribution in [3.05, 3.63) is 69.6 Å². The average Bonchev–Trinajstić information content (AvgIpc) is 2.63. The molecule has 0 unspecified atom stereocenters. The van der Waals surface area contributed by atoms with Gasteiger partial charge in [-0.1, -0.05) is 12.1 Å². The molecular weight excluding hydrogens is 336 g/mol. The minimum absolute atomic E-state index is 0.162. The van der Waals surface area contributed by atoms with Crippen LogP contribution in [-0.2, 0) is 17.8 Å². The number of hydrogen-bond donors (Lipinski definition) is 1. The van der Waals surface area contributed by atoms with Gasteiger partial charge < -0.3 is 19.0 Å². The highest BCUT2D eigenvalue weighted by Gasteiger charge is 2.14. The van der Waals surface area contributed by atoms with Gasteiger partial charge in [-0.2, -0.15) is 0 Å². The minimum atomic E-state index is -1.07. The SMILES string of the molecule is COc1cccc(COc2ccc3c(C)c(CC(=O)O)c(=O)oc3c2)c1. The molecule has 0 saturated heterocycles. The normalized spacial score (nSPS) is 10.7. The van der Waals surface area contributed by atoms with Gasteiger partial charge in [-0.05, 0) is 42.3 Å². The van der Waals surface area contributed by atoms with E-state index in [1.165, 1.54) is 0 Å². The molecule has 0 saturated carbocycles. The topological polar surface area (TPSA) is 86.0 Å². The lowest BCUT2D eigenvalue weighted by Gasteiger charge is -2.10. The summed E-state index contributed by atoms with van der Waals surface area (Å²) in [4.78, 5) is 23.0. The van der Waals surface area contributed by atoms with Crippen molar-refractivity contribution in [2.45, 2.75) is 20.0 Å². The number of carbonyl (C=O) groups is 1. The summed E-state index contributed by atoms with van der Waals surface area (Å²) >= 11 is 0. The first-order chi connectivity index (χ1) is 12.5. The quantitative estimate of drug-likeness (QED) is 0.684. The summed E-state index contributed by atoms with van der Waals surface area (Å²) in [6.45, 7) is 2.05. The predicted molar refractivity (Wildman–Crippen MR) is 95.9 cm³/mol. The van der Waals surface area contributed by atoms with E-state index in [9.17, 15) is 9.59 Å². The summed E-state index contributed by atoms with van der Waals surface area (Å²) < 4.78 is 16.2. The third-order valence-electron chi connectivity index (χ3n) is 4.13. The van der Waals surface area contributed by atoms with E-state index in [1.54, 1.807) is 32.2 Å². The highest BCUT2D eigenvalue weighted by molar-refractivity contribution is 5.83. The minimum Gasteiger partial charge on any atom is -0.497 e. The number of hydrogen-bond acceptors (Lipinski definition) is 5. The summed E-state index contributed by atoms with van der Waals surface area (Å²) in [5.74, 6) is 0.226. The summed E-state index contributed by atoms with van der Waals surface area (Å²) in [5.41, 5.74) is 1.44. The fourth-order valence-corrected chi connectivity index (χ4v) is 2.75. The number of aliphatic carboxylic acids is 1. The Labute approximate surface area is 149 Å². The molecule has 1 aromatic heterocycles. The Kier molecular flexibility index (Phi) is 4.93. The van der Waals surface area contributed by atoms with E-state index in [1.807, 2.05) is 24.3 Å². The van der Waals surface area contributed by atoms with Crippen molar-refractivity contribution < 1.29 is 23.8 Å². The zero-order chi connectivity index (χ0) is 18.7. The lowest BCUT2D eigenvalue weighted by molar-refractivity contribution is -0.136. The Balaban J connectivity index is 1.87. The molecule has 2 aromatic carbocycles. The molecule has 3 rings (SSSR count). The number of carboxylic acids is 1. The van der Waals surface area contributed by atoms with Gasteiger partial charge in [0.05, 0.1) is 19.1 Å². The van der Waals surface area contributed by atoms with Crippen LogP contribution in [0.4, 0.5) is 0 Å². The monoisotopic (exact) mass is 354 g/mol. The molecular formula is C20H18O6. The van der Waals surface area contributed by atoms with Gasteiger partial charge in [0, 0.05) is 11.5 Å². The largest absolute Gasteiger partial charge is 0.497 e. The van der Waals surface area contributed by atoms with Crippen LogP contribution in [0.25, 0.3) is 11.0 Å². The van der Waals surface area contributed by atoms with Crippen LogP contribution in [0.15, 0.2) is 51.7 Å². The molecule has 0 aliphatic carbocycles. The van der Waals surface area contributed by atoms with Crippen molar-refractivity contribution in [1.82, 2.24) is 0 Å². The second kappa shape index (κ2) is 7.31. The molecule has 0 spiro atoms.